The Morgan fingerprint density at radius 2 is 2.50 bits per heavy atom. The van der Waals surface area contributed by atoms with Gasteiger partial charge in [0.1, 0.15) is 6.29 Å². The van der Waals surface area contributed by atoms with E-state index in [2.05, 4.69) is 12.2 Å². The Kier molecular flexibility index (Phi) is 0.655. The Morgan fingerprint density at radius 1 is 1.62 bits per heavy atom. The maximum absolute atomic E-state index is 10.1. The number of hydrogen-bond donors (Lipinski definition) is 0. The molecular formula is C7H8O. The number of carbonyl (C=O) groups is 1. The zero-order valence-corrected chi connectivity index (χ0v) is 4.58. The molecule has 0 unspecified atom stereocenters. The summed E-state index contributed by atoms with van der Waals surface area (Å²) in [6, 6.07) is 0. The SMILES string of the molecule is O=C[C@@H]1[C@@H]2C=CC[C@H]12. The van der Waals surface area contributed by atoms with Crippen LogP contribution in [0.1, 0.15) is 6.42 Å². The predicted octanol–water partition coefficient (Wildman–Crippen LogP) is 1.01. The molecule has 1 heteroatoms. The van der Waals surface area contributed by atoms with E-state index in [9.17, 15) is 4.79 Å². The van der Waals surface area contributed by atoms with Crippen LogP contribution in [0.15, 0.2) is 12.2 Å². The quantitative estimate of drug-likeness (QED) is 0.362. The van der Waals surface area contributed by atoms with Crippen molar-refractivity contribution in [2.24, 2.45) is 17.8 Å². The average molecular weight is 108 g/mol. The van der Waals surface area contributed by atoms with Crippen LogP contribution >= 0.6 is 0 Å². The van der Waals surface area contributed by atoms with Crippen LogP contribution in [0.5, 0.6) is 0 Å². The molecule has 0 amide bonds. The minimum absolute atomic E-state index is 0.403. The molecule has 1 fully saturated rings. The molecule has 0 aromatic carbocycles. The molecule has 2 aliphatic carbocycles. The molecule has 3 atom stereocenters. The van der Waals surface area contributed by atoms with E-state index in [1.807, 2.05) is 0 Å². The Bertz CT molecular complexity index is 144. The Hall–Kier alpha value is -0.590. The lowest BCUT2D eigenvalue weighted by Gasteiger charge is -1.81. The summed E-state index contributed by atoms with van der Waals surface area (Å²) in [5.41, 5.74) is 0. The van der Waals surface area contributed by atoms with Gasteiger partial charge >= 0.3 is 0 Å². The Balaban J connectivity index is 2.12. The smallest absolute Gasteiger partial charge is 0.123 e. The molecule has 2 rings (SSSR count). The number of aldehydes is 1. The van der Waals surface area contributed by atoms with Crippen LogP contribution in [0, 0.1) is 17.8 Å². The van der Waals surface area contributed by atoms with Gasteiger partial charge in [-0.3, -0.25) is 0 Å². The molecule has 0 N–H and O–H groups in total. The lowest BCUT2D eigenvalue weighted by atomic mass is 10.2. The van der Waals surface area contributed by atoms with E-state index >= 15 is 0 Å². The molecule has 0 heterocycles. The minimum Gasteiger partial charge on any atom is -0.303 e. The van der Waals surface area contributed by atoms with E-state index in [4.69, 9.17) is 0 Å². The van der Waals surface area contributed by atoms with Crippen molar-refractivity contribution in [3.05, 3.63) is 12.2 Å². The number of allylic oxidation sites excluding steroid dienone is 2. The fourth-order valence-corrected chi connectivity index (χ4v) is 1.60. The van der Waals surface area contributed by atoms with Crippen molar-refractivity contribution in [3.63, 3.8) is 0 Å². The third-order valence-electron chi connectivity index (χ3n) is 2.22. The van der Waals surface area contributed by atoms with Crippen molar-refractivity contribution in [1.82, 2.24) is 0 Å². The fourth-order valence-electron chi connectivity index (χ4n) is 1.60. The molecule has 2 aliphatic rings. The summed E-state index contributed by atoms with van der Waals surface area (Å²) >= 11 is 0. The van der Waals surface area contributed by atoms with Crippen LogP contribution < -0.4 is 0 Å². The van der Waals surface area contributed by atoms with Gasteiger partial charge in [-0.2, -0.15) is 0 Å². The van der Waals surface area contributed by atoms with Gasteiger partial charge in [-0.05, 0) is 18.3 Å². The van der Waals surface area contributed by atoms with Gasteiger partial charge in [0.25, 0.3) is 0 Å². The van der Waals surface area contributed by atoms with Crippen LogP contribution in [0.3, 0.4) is 0 Å². The maximum Gasteiger partial charge on any atom is 0.123 e. The lowest BCUT2D eigenvalue weighted by Crippen LogP contribution is -1.82. The number of carbonyl (C=O) groups excluding carboxylic acids is 1. The first-order valence-corrected chi connectivity index (χ1v) is 3.05. The summed E-state index contributed by atoms with van der Waals surface area (Å²) in [7, 11) is 0. The van der Waals surface area contributed by atoms with E-state index < -0.39 is 0 Å². The van der Waals surface area contributed by atoms with Gasteiger partial charge in [-0.1, -0.05) is 12.2 Å². The molecule has 1 saturated carbocycles. The van der Waals surface area contributed by atoms with Crippen molar-refractivity contribution in [2.45, 2.75) is 6.42 Å². The van der Waals surface area contributed by atoms with E-state index in [0.717, 1.165) is 12.7 Å². The predicted molar refractivity (Wildman–Crippen MR) is 30.3 cm³/mol. The normalized spacial score (nSPS) is 48.8. The number of fused-ring (bicyclic) bond motifs is 1. The summed E-state index contributed by atoms with van der Waals surface area (Å²) in [6.45, 7) is 0. The van der Waals surface area contributed by atoms with Gasteiger partial charge in [0, 0.05) is 5.92 Å². The van der Waals surface area contributed by atoms with Crippen molar-refractivity contribution < 1.29 is 4.79 Å². The highest BCUT2D eigenvalue weighted by molar-refractivity contribution is 5.61. The molecule has 1 nitrogen and oxygen atoms in total. The average Bonchev–Trinajstić information content (AvgIpc) is 2.22. The molecule has 0 bridgehead atoms. The third kappa shape index (κ3) is 0.347. The molecular weight excluding hydrogens is 100 g/mol. The van der Waals surface area contributed by atoms with Gasteiger partial charge in [0.2, 0.25) is 0 Å². The minimum atomic E-state index is 0.403. The van der Waals surface area contributed by atoms with Gasteiger partial charge in [0.05, 0.1) is 0 Å². The van der Waals surface area contributed by atoms with Gasteiger partial charge in [-0.25, -0.2) is 0 Å². The van der Waals surface area contributed by atoms with E-state index in [-0.39, 0.29) is 0 Å². The topological polar surface area (TPSA) is 17.1 Å². The molecule has 0 saturated heterocycles. The molecule has 42 valence electrons. The highest BCUT2D eigenvalue weighted by Gasteiger charge is 2.49. The van der Waals surface area contributed by atoms with Gasteiger partial charge < -0.3 is 4.79 Å². The maximum atomic E-state index is 10.1. The third-order valence-corrected chi connectivity index (χ3v) is 2.22. The second kappa shape index (κ2) is 1.22. The van der Waals surface area contributed by atoms with Crippen molar-refractivity contribution in [3.8, 4) is 0 Å². The Morgan fingerprint density at radius 3 is 2.88 bits per heavy atom. The molecule has 0 aromatic heterocycles. The van der Waals surface area contributed by atoms with Crippen LogP contribution in [0.2, 0.25) is 0 Å². The highest BCUT2D eigenvalue weighted by atomic mass is 16.1. The monoisotopic (exact) mass is 108 g/mol. The van der Waals surface area contributed by atoms with Crippen LogP contribution in [0.25, 0.3) is 0 Å². The standard InChI is InChI=1S/C7H8O/c8-4-7-5-2-1-3-6(5)7/h1-2,4-7H,3H2/t5-,6+,7-/m1/s1. The summed E-state index contributed by atoms with van der Waals surface area (Å²) in [4.78, 5) is 10.1. The number of rotatable bonds is 1. The summed E-state index contributed by atoms with van der Waals surface area (Å²) in [5.74, 6) is 1.76. The van der Waals surface area contributed by atoms with Crippen molar-refractivity contribution >= 4 is 6.29 Å². The molecule has 8 heavy (non-hydrogen) atoms. The van der Waals surface area contributed by atoms with E-state index in [0.29, 0.717) is 17.8 Å². The molecule has 0 spiro atoms. The summed E-state index contributed by atoms with van der Waals surface area (Å²) < 4.78 is 0. The fraction of sp³-hybridized carbons (Fsp3) is 0.571. The zero-order chi connectivity index (χ0) is 5.56. The second-order valence-electron chi connectivity index (χ2n) is 2.62. The van der Waals surface area contributed by atoms with Gasteiger partial charge in [-0.15, -0.1) is 0 Å². The van der Waals surface area contributed by atoms with Crippen molar-refractivity contribution in [2.75, 3.05) is 0 Å². The number of hydrogen-bond acceptors (Lipinski definition) is 1. The lowest BCUT2D eigenvalue weighted by molar-refractivity contribution is -0.109. The second-order valence-corrected chi connectivity index (χ2v) is 2.62. The van der Waals surface area contributed by atoms with Crippen LogP contribution in [-0.4, -0.2) is 6.29 Å². The van der Waals surface area contributed by atoms with Crippen LogP contribution in [-0.2, 0) is 4.79 Å². The zero-order valence-electron chi connectivity index (χ0n) is 4.58. The largest absolute Gasteiger partial charge is 0.303 e. The van der Waals surface area contributed by atoms with Crippen molar-refractivity contribution in [1.29, 1.82) is 0 Å². The highest BCUT2D eigenvalue weighted by Crippen LogP contribution is 2.52. The Labute approximate surface area is 48.4 Å². The first-order chi connectivity index (χ1) is 3.93. The van der Waals surface area contributed by atoms with Crippen LogP contribution in [0.4, 0.5) is 0 Å². The summed E-state index contributed by atoms with van der Waals surface area (Å²) in [6.07, 6.45) is 6.59. The van der Waals surface area contributed by atoms with E-state index in [1.54, 1.807) is 0 Å². The first-order valence-electron chi connectivity index (χ1n) is 3.05. The first kappa shape index (κ1) is 4.30. The molecule has 0 aliphatic heterocycles. The summed E-state index contributed by atoms with van der Waals surface area (Å²) in [5, 5.41) is 0. The van der Waals surface area contributed by atoms with Gasteiger partial charge in [0.15, 0.2) is 0 Å². The molecule has 0 radical (unpaired) electrons. The molecule has 0 aromatic rings. The van der Waals surface area contributed by atoms with E-state index in [1.165, 1.54) is 0 Å².